The molecule has 1 amide bonds. The van der Waals surface area contributed by atoms with Gasteiger partial charge in [-0.05, 0) is 20.3 Å². The highest BCUT2D eigenvalue weighted by Gasteiger charge is 2.11. The molecule has 0 rings (SSSR count). The molecule has 0 radical (unpaired) electrons. The Morgan fingerprint density at radius 2 is 2.07 bits per heavy atom. The lowest BCUT2D eigenvalue weighted by atomic mass is 10.2. The second-order valence-corrected chi connectivity index (χ2v) is 3.62. The molecule has 4 nitrogen and oxygen atoms in total. The fourth-order valence-corrected chi connectivity index (χ4v) is 0.981. The smallest absolute Gasteiger partial charge is 0.236 e. The van der Waals surface area contributed by atoms with Gasteiger partial charge in [-0.2, -0.15) is 0 Å². The molecule has 0 spiro atoms. The number of unbranched alkanes of at least 4 members (excludes halogenated alkanes) is 1. The van der Waals surface area contributed by atoms with Crippen LogP contribution in [0.15, 0.2) is 0 Å². The van der Waals surface area contributed by atoms with Gasteiger partial charge < -0.3 is 15.7 Å². The van der Waals surface area contributed by atoms with Gasteiger partial charge in [0.2, 0.25) is 5.91 Å². The van der Waals surface area contributed by atoms with E-state index in [0.717, 1.165) is 19.4 Å². The van der Waals surface area contributed by atoms with Crippen molar-refractivity contribution in [3.63, 3.8) is 0 Å². The van der Waals surface area contributed by atoms with Crippen LogP contribution in [0, 0.1) is 0 Å². The molecule has 84 valence electrons. The number of carbonyl (C=O) groups is 1. The van der Waals surface area contributed by atoms with E-state index in [4.69, 9.17) is 5.11 Å². The van der Waals surface area contributed by atoms with E-state index < -0.39 is 6.10 Å². The predicted molar refractivity (Wildman–Crippen MR) is 57.1 cm³/mol. The number of hydrogen-bond acceptors (Lipinski definition) is 3. The molecule has 14 heavy (non-hydrogen) atoms. The van der Waals surface area contributed by atoms with Crippen molar-refractivity contribution >= 4 is 5.91 Å². The van der Waals surface area contributed by atoms with E-state index in [2.05, 4.69) is 17.6 Å². The maximum Gasteiger partial charge on any atom is 0.236 e. The second-order valence-electron chi connectivity index (χ2n) is 3.62. The Morgan fingerprint density at radius 3 is 2.57 bits per heavy atom. The third-order valence-electron chi connectivity index (χ3n) is 1.94. The van der Waals surface area contributed by atoms with Gasteiger partial charge in [-0.3, -0.25) is 4.79 Å². The van der Waals surface area contributed by atoms with Crippen LogP contribution in [0.5, 0.6) is 0 Å². The molecule has 0 heterocycles. The van der Waals surface area contributed by atoms with Gasteiger partial charge in [0.15, 0.2) is 0 Å². The first kappa shape index (κ1) is 13.4. The van der Waals surface area contributed by atoms with Crippen LogP contribution in [-0.2, 0) is 4.79 Å². The van der Waals surface area contributed by atoms with Crippen molar-refractivity contribution in [2.24, 2.45) is 0 Å². The Bertz CT molecular complexity index is 160. The van der Waals surface area contributed by atoms with Gasteiger partial charge in [-0.25, -0.2) is 0 Å². The average Bonchev–Trinajstić information content (AvgIpc) is 2.14. The Kier molecular flexibility index (Phi) is 7.42. The third-order valence-corrected chi connectivity index (χ3v) is 1.94. The molecule has 4 heteroatoms. The summed E-state index contributed by atoms with van der Waals surface area (Å²) >= 11 is 0. The van der Waals surface area contributed by atoms with E-state index in [0.29, 0.717) is 6.54 Å². The standard InChI is InChI=1S/C10H22N2O2/c1-4-5-6-11-10(14)9(3)12-7-8(2)13/h8-9,12-13H,4-7H2,1-3H3,(H,11,14). The quantitative estimate of drug-likeness (QED) is 0.519. The molecule has 2 unspecified atom stereocenters. The maximum atomic E-state index is 11.4. The molecule has 0 bridgehead atoms. The van der Waals surface area contributed by atoms with Crippen molar-refractivity contribution in [2.45, 2.75) is 45.8 Å². The number of aliphatic hydroxyl groups is 1. The minimum atomic E-state index is -0.416. The van der Waals surface area contributed by atoms with Gasteiger partial charge in [-0.1, -0.05) is 13.3 Å². The van der Waals surface area contributed by atoms with E-state index >= 15 is 0 Å². The maximum absolute atomic E-state index is 11.4. The first-order chi connectivity index (χ1) is 6.57. The molecule has 0 fully saturated rings. The van der Waals surface area contributed by atoms with Crippen LogP contribution < -0.4 is 10.6 Å². The number of rotatable bonds is 7. The molecule has 0 saturated heterocycles. The Balaban J connectivity index is 3.54. The minimum absolute atomic E-state index is 0.000833. The summed E-state index contributed by atoms with van der Waals surface area (Å²) in [6.45, 7) is 6.75. The zero-order valence-electron chi connectivity index (χ0n) is 9.34. The van der Waals surface area contributed by atoms with Crippen LogP contribution in [0.2, 0.25) is 0 Å². The van der Waals surface area contributed by atoms with Crippen molar-refractivity contribution in [3.8, 4) is 0 Å². The van der Waals surface area contributed by atoms with Crippen LogP contribution in [0.1, 0.15) is 33.6 Å². The minimum Gasteiger partial charge on any atom is -0.392 e. The Hall–Kier alpha value is -0.610. The average molecular weight is 202 g/mol. The SMILES string of the molecule is CCCCNC(=O)C(C)NCC(C)O. The highest BCUT2D eigenvalue weighted by molar-refractivity contribution is 5.81. The zero-order chi connectivity index (χ0) is 11.0. The Morgan fingerprint density at radius 1 is 1.43 bits per heavy atom. The van der Waals surface area contributed by atoms with E-state index in [9.17, 15) is 4.79 Å². The lowest BCUT2D eigenvalue weighted by Crippen LogP contribution is -2.44. The summed E-state index contributed by atoms with van der Waals surface area (Å²) in [4.78, 5) is 11.4. The number of aliphatic hydroxyl groups excluding tert-OH is 1. The summed E-state index contributed by atoms with van der Waals surface area (Å²) in [6, 6.07) is -0.235. The van der Waals surface area contributed by atoms with Crippen molar-refractivity contribution in [1.29, 1.82) is 0 Å². The molecule has 0 aromatic heterocycles. The van der Waals surface area contributed by atoms with Crippen molar-refractivity contribution in [1.82, 2.24) is 10.6 Å². The molecule has 0 aromatic carbocycles. The third kappa shape index (κ3) is 6.86. The number of hydrogen-bond donors (Lipinski definition) is 3. The zero-order valence-corrected chi connectivity index (χ0v) is 9.34. The van der Waals surface area contributed by atoms with Gasteiger partial charge in [-0.15, -0.1) is 0 Å². The van der Waals surface area contributed by atoms with Crippen molar-refractivity contribution in [3.05, 3.63) is 0 Å². The largest absolute Gasteiger partial charge is 0.392 e. The molecule has 3 N–H and O–H groups in total. The number of amides is 1. The lowest BCUT2D eigenvalue weighted by molar-refractivity contribution is -0.122. The first-order valence-corrected chi connectivity index (χ1v) is 5.27. The van der Waals surface area contributed by atoms with Gasteiger partial charge in [0.25, 0.3) is 0 Å². The molecular weight excluding hydrogens is 180 g/mol. The predicted octanol–water partition coefficient (Wildman–Crippen LogP) is 0.262. The molecule has 0 saturated carbocycles. The normalized spacial score (nSPS) is 14.9. The molecule has 0 aliphatic rings. The summed E-state index contributed by atoms with van der Waals surface area (Å²) in [5, 5.41) is 14.8. The summed E-state index contributed by atoms with van der Waals surface area (Å²) in [5.74, 6) is -0.000833. The number of nitrogens with one attached hydrogen (secondary N) is 2. The highest BCUT2D eigenvalue weighted by Crippen LogP contribution is 1.86. The second kappa shape index (κ2) is 7.76. The molecule has 0 aliphatic carbocycles. The van der Waals surface area contributed by atoms with Crippen molar-refractivity contribution in [2.75, 3.05) is 13.1 Å². The van der Waals surface area contributed by atoms with E-state index in [1.54, 1.807) is 13.8 Å². The number of carbonyl (C=O) groups excluding carboxylic acids is 1. The summed E-state index contributed by atoms with van der Waals surface area (Å²) in [7, 11) is 0. The molecule has 0 aromatic rings. The van der Waals surface area contributed by atoms with Crippen molar-refractivity contribution < 1.29 is 9.90 Å². The van der Waals surface area contributed by atoms with Crippen LogP contribution in [-0.4, -0.2) is 36.2 Å². The summed E-state index contributed by atoms with van der Waals surface area (Å²) < 4.78 is 0. The van der Waals surface area contributed by atoms with Gasteiger partial charge in [0.1, 0.15) is 0 Å². The Labute approximate surface area is 86.1 Å². The van der Waals surface area contributed by atoms with E-state index in [1.165, 1.54) is 0 Å². The monoisotopic (exact) mass is 202 g/mol. The van der Waals surface area contributed by atoms with Gasteiger partial charge in [0.05, 0.1) is 12.1 Å². The van der Waals surface area contributed by atoms with Gasteiger partial charge >= 0.3 is 0 Å². The fourth-order valence-electron chi connectivity index (χ4n) is 0.981. The van der Waals surface area contributed by atoms with Crippen LogP contribution in [0.25, 0.3) is 0 Å². The fraction of sp³-hybridized carbons (Fsp3) is 0.900. The lowest BCUT2D eigenvalue weighted by Gasteiger charge is -2.14. The van der Waals surface area contributed by atoms with E-state index in [1.807, 2.05) is 0 Å². The van der Waals surface area contributed by atoms with E-state index in [-0.39, 0.29) is 11.9 Å². The summed E-state index contributed by atoms with van der Waals surface area (Å²) in [5.41, 5.74) is 0. The topological polar surface area (TPSA) is 61.4 Å². The molecular formula is C10H22N2O2. The first-order valence-electron chi connectivity index (χ1n) is 5.27. The van der Waals surface area contributed by atoms with Crippen LogP contribution >= 0.6 is 0 Å². The van der Waals surface area contributed by atoms with Gasteiger partial charge in [0, 0.05) is 13.1 Å². The molecule has 0 aliphatic heterocycles. The molecule has 2 atom stereocenters. The van der Waals surface area contributed by atoms with Crippen LogP contribution in [0.4, 0.5) is 0 Å². The summed E-state index contributed by atoms with van der Waals surface area (Å²) in [6.07, 6.45) is 1.67. The highest BCUT2D eigenvalue weighted by atomic mass is 16.3. The van der Waals surface area contributed by atoms with Crippen LogP contribution in [0.3, 0.4) is 0 Å².